The quantitative estimate of drug-likeness (QED) is 0.438. The summed E-state index contributed by atoms with van der Waals surface area (Å²) in [6.07, 6.45) is 4.44. The molecule has 1 saturated heterocycles. The lowest BCUT2D eigenvalue weighted by Crippen LogP contribution is -2.35. The Labute approximate surface area is 195 Å². The van der Waals surface area contributed by atoms with Crippen molar-refractivity contribution < 1.29 is 9.18 Å². The predicted octanol–water partition coefficient (Wildman–Crippen LogP) is 4.80. The molecule has 0 aliphatic carbocycles. The minimum Gasteiger partial charge on any atom is -0.346 e. The van der Waals surface area contributed by atoms with Crippen molar-refractivity contribution in [3.8, 4) is 16.9 Å². The van der Waals surface area contributed by atoms with Gasteiger partial charge < -0.3 is 9.80 Å². The zero-order valence-electron chi connectivity index (χ0n) is 18.3. The standard InChI is InChI=1S/C25H24FN5OS/c1-18-4-2-5-19(16-18)23-22(17-31(28-23)21-8-6-20(26)7-9-21)24(32)29-11-3-12-30(14-13-29)25-27-10-15-33-25/h2,4-10,15-17H,3,11-14H2,1H3. The van der Waals surface area contributed by atoms with Crippen LogP contribution in [0.5, 0.6) is 0 Å². The number of hydrogen-bond acceptors (Lipinski definition) is 5. The molecule has 0 N–H and O–H groups in total. The van der Waals surface area contributed by atoms with Crippen LogP contribution in [0.2, 0.25) is 0 Å². The minimum atomic E-state index is -0.310. The van der Waals surface area contributed by atoms with Gasteiger partial charge in [-0.2, -0.15) is 5.10 Å². The monoisotopic (exact) mass is 461 g/mol. The van der Waals surface area contributed by atoms with Crippen LogP contribution < -0.4 is 4.90 Å². The Morgan fingerprint density at radius 1 is 1.06 bits per heavy atom. The number of carbonyl (C=O) groups is 1. The topological polar surface area (TPSA) is 54.3 Å². The maximum absolute atomic E-state index is 13.7. The molecule has 0 saturated carbocycles. The van der Waals surface area contributed by atoms with Crippen LogP contribution in [0.15, 0.2) is 66.3 Å². The third-order valence-corrected chi connectivity index (χ3v) is 6.63. The molecule has 1 aliphatic heterocycles. The molecule has 1 amide bonds. The van der Waals surface area contributed by atoms with E-state index < -0.39 is 0 Å². The molecule has 5 rings (SSSR count). The maximum Gasteiger partial charge on any atom is 0.257 e. The Hall–Kier alpha value is -3.52. The van der Waals surface area contributed by atoms with Crippen LogP contribution in [0.3, 0.4) is 0 Å². The Bertz CT molecular complexity index is 1250. The molecule has 0 atom stereocenters. The minimum absolute atomic E-state index is 0.0409. The van der Waals surface area contributed by atoms with Crippen molar-refractivity contribution in [2.24, 2.45) is 0 Å². The average Bonchev–Trinajstić information content (AvgIpc) is 3.45. The highest BCUT2D eigenvalue weighted by molar-refractivity contribution is 7.13. The SMILES string of the molecule is Cc1cccc(-c2nn(-c3ccc(F)cc3)cc2C(=O)N2CCCN(c3nccs3)CC2)c1. The zero-order chi connectivity index (χ0) is 22.8. The second-order valence-electron chi connectivity index (χ2n) is 8.13. The van der Waals surface area contributed by atoms with Crippen LogP contribution in [-0.2, 0) is 0 Å². The van der Waals surface area contributed by atoms with Gasteiger partial charge in [0.05, 0.1) is 11.3 Å². The van der Waals surface area contributed by atoms with Crippen molar-refractivity contribution in [1.82, 2.24) is 19.7 Å². The van der Waals surface area contributed by atoms with Gasteiger partial charge in [-0.15, -0.1) is 11.3 Å². The van der Waals surface area contributed by atoms with E-state index >= 15 is 0 Å². The normalized spacial score (nSPS) is 14.4. The second kappa shape index (κ2) is 9.15. The summed E-state index contributed by atoms with van der Waals surface area (Å²) < 4.78 is 15.1. The predicted molar refractivity (Wildman–Crippen MR) is 129 cm³/mol. The fraction of sp³-hybridized carbons (Fsp3) is 0.240. The smallest absolute Gasteiger partial charge is 0.257 e. The molecule has 168 valence electrons. The van der Waals surface area contributed by atoms with E-state index in [1.165, 1.54) is 12.1 Å². The van der Waals surface area contributed by atoms with Gasteiger partial charge >= 0.3 is 0 Å². The Kier molecular flexibility index (Phi) is 5.92. The van der Waals surface area contributed by atoms with Gasteiger partial charge in [-0.25, -0.2) is 14.1 Å². The van der Waals surface area contributed by atoms with E-state index in [9.17, 15) is 9.18 Å². The molecule has 0 radical (unpaired) electrons. The average molecular weight is 462 g/mol. The second-order valence-corrected chi connectivity index (χ2v) is 9.00. The summed E-state index contributed by atoms with van der Waals surface area (Å²) in [6, 6.07) is 14.1. The lowest BCUT2D eigenvalue weighted by atomic mass is 10.0. The fourth-order valence-electron chi connectivity index (χ4n) is 4.12. The van der Waals surface area contributed by atoms with E-state index in [2.05, 4.69) is 9.88 Å². The van der Waals surface area contributed by atoms with Crippen LogP contribution in [0.1, 0.15) is 22.3 Å². The number of nitrogens with zero attached hydrogens (tertiary/aromatic N) is 5. The van der Waals surface area contributed by atoms with E-state index in [1.807, 2.05) is 47.7 Å². The van der Waals surface area contributed by atoms with Crippen LogP contribution in [0.4, 0.5) is 9.52 Å². The summed E-state index contributed by atoms with van der Waals surface area (Å²) in [4.78, 5) is 22.3. The van der Waals surface area contributed by atoms with Crippen LogP contribution in [0.25, 0.3) is 16.9 Å². The molecule has 6 nitrogen and oxygen atoms in total. The molecular weight excluding hydrogens is 437 g/mol. The number of halogens is 1. The highest BCUT2D eigenvalue weighted by Crippen LogP contribution is 2.27. The van der Waals surface area contributed by atoms with Crippen molar-refractivity contribution in [3.05, 3.63) is 83.2 Å². The van der Waals surface area contributed by atoms with Crippen LogP contribution in [-0.4, -0.2) is 51.8 Å². The molecule has 0 bridgehead atoms. The third-order valence-electron chi connectivity index (χ3n) is 5.80. The number of rotatable bonds is 4. The summed E-state index contributed by atoms with van der Waals surface area (Å²) in [5.74, 6) is -0.351. The van der Waals surface area contributed by atoms with Crippen LogP contribution in [0, 0.1) is 12.7 Å². The number of thiazole rings is 1. The van der Waals surface area contributed by atoms with Crippen LogP contribution >= 0.6 is 11.3 Å². The third kappa shape index (κ3) is 4.52. The Balaban J connectivity index is 1.48. The summed E-state index contributed by atoms with van der Waals surface area (Å²) in [5.41, 5.74) is 3.87. The number of aryl methyl sites for hydroxylation is 1. The molecule has 0 unspecified atom stereocenters. The first-order valence-electron chi connectivity index (χ1n) is 10.9. The maximum atomic E-state index is 13.7. The van der Waals surface area contributed by atoms with Crippen molar-refractivity contribution >= 4 is 22.4 Å². The van der Waals surface area contributed by atoms with Crippen molar-refractivity contribution in [3.63, 3.8) is 0 Å². The molecule has 2 aromatic heterocycles. The van der Waals surface area contributed by atoms with E-state index in [0.29, 0.717) is 30.0 Å². The van der Waals surface area contributed by atoms with E-state index in [4.69, 9.17) is 5.10 Å². The molecule has 0 spiro atoms. The van der Waals surface area contributed by atoms with Gasteiger partial charge in [0.1, 0.15) is 11.5 Å². The van der Waals surface area contributed by atoms with E-state index in [0.717, 1.165) is 35.8 Å². The number of hydrogen-bond donors (Lipinski definition) is 0. The number of amides is 1. The van der Waals surface area contributed by atoms with Gasteiger partial charge in [0.2, 0.25) is 0 Å². The summed E-state index contributed by atoms with van der Waals surface area (Å²) in [6.45, 7) is 4.93. The molecule has 3 heterocycles. The van der Waals surface area contributed by atoms with Gasteiger partial charge in [0.25, 0.3) is 5.91 Å². The number of carbonyl (C=O) groups excluding carboxylic acids is 1. The lowest BCUT2D eigenvalue weighted by molar-refractivity contribution is 0.0767. The van der Waals surface area contributed by atoms with Gasteiger partial charge in [-0.1, -0.05) is 23.8 Å². The number of anilines is 1. The summed E-state index contributed by atoms with van der Waals surface area (Å²) in [7, 11) is 0. The Morgan fingerprint density at radius 3 is 2.67 bits per heavy atom. The first kappa shape index (κ1) is 21.3. The largest absolute Gasteiger partial charge is 0.346 e. The lowest BCUT2D eigenvalue weighted by Gasteiger charge is -2.21. The van der Waals surface area contributed by atoms with Gasteiger partial charge in [-0.3, -0.25) is 4.79 Å². The van der Waals surface area contributed by atoms with Gasteiger partial charge in [-0.05, 0) is 43.7 Å². The zero-order valence-corrected chi connectivity index (χ0v) is 19.1. The highest BCUT2D eigenvalue weighted by atomic mass is 32.1. The molecule has 8 heteroatoms. The molecule has 1 aliphatic rings. The Morgan fingerprint density at radius 2 is 1.91 bits per heavy atom. The van der Waals surface area contributed by atoms with Crippen molar-refractivity contribution in [1.29, 1.82) is 0 Å². The van der Waals surface area contributed by atoms with E-state index in [-0.39, 0.29) is 11.7 Å². The number of benzene rings is 2. The summed E-state index contributed by atoms with van der Waals surface area (Å²) in [5, 5.41) is 7.71. The van der Waals surface area contributed by atoms with Gasteiger partial charge in [0.15, 0.2) is 5.13 Å². The molecule has 4 aromatic rings. The fourth-order valence-corrected chi connectivity index (χ4v) is 4.81. The molecule has 2 aromatic carbocycles. The van der Waals surface area contributed by atoms with Crippen molar-refractivity contribution in [2.45, 2.75) is 13.3 Å². The highest BCUT2D eigenvalue weighted by Gasteiger charge is 2.26. The van der Waals surface area contributed by atoms with E-state index in [1.54, 1.807) is 34.3 Å². The molecule has 1 fully saturated rings. The van der Waals surface area contributed by atoms with Gasteiger partial charge in [0, 0.05) is 49.5 Å². The molecule has 33 heavy (non-hydrogen) atoms. The molecular formula is C25H24FN5OS. The first-order valence-corrected chi connectivity index (χ1v) is 11.8. The van der Waals surface area contributed by atoms with Crippen molar-refractivity contribution in [2.75, 3.05) is 31.1 Å². The first-order chi connectivity index (χ1) is 16.1. The number of aromatic nitrogens is 3. The summed E-state index contributed by atoms with van der Waals surface area (Å²) >= 11 is 1.62.